The Kier molecular flexibility index (Phi) is 4.35. The molecule has 0 aromatic carbocycles. The molecule has 3 nitrogen and oxygen atoms in total. The van der Waals surface area contributed by atoms with Crippen LogP contribution < -0.4 is 0 Å². The second kappa shape index (κ2) is 6.05. The van der Waals surface area contributed by atoms with Gasteiger partial charge in [-0.3, -0.25) is 0 Å². The van der Waals surface area contributed by atoms with E-state index in [9.17, 15) is 15.0 Å². The van der Waals surface area contributed by atoms with Crippen LogP contribution in [0.2, 0.25) is 0 Å². The van der Waals surface area contributed by atoms with Crippen molar-refractivity contribution in [1.82, 2.24) is 0 Å². The molecule has 0 radical (unpaired) electrons. The summed E-state index contributed by atoms with van der Waals surface area (Å²) >= 11 is 0. The molecule has 0 heterocycles. The Morgan fingerprint density at radius 2 is 1.76 bits per heavy atom. The summed E-state index contributed by atoms with van der Waals surface area (Å²) in [5.74, 6) is 2.88. The Balaban J connectivity index is 1.65. The number of aliphatic hydroxyl groups is 2. The molecule has 25 heavy (non-hydrogen) atoms. The molecule has 0 amide bonds. The molecule has 10 atom stereocenters. The molecule has 4 rings (SSSR count). The standard InChI is InChI=1S/C22H36O3/c1-13(12-23)17-6-7-18-16-5-4-14-10-15(24)8-9-21(14,2)19(16)11-20(25)22(17,18)3/h12-20,24-25H,4-11H2,1-3H3/t13-,14-,15-,16?,17-,18?,19?,20+,21+,22-/m1/s1. The second-order valence-electron chi connectivity index (χ2n) is 10.4. The SMILES string of the molecule is C[C@H](C=O)[C@H]1CCC2C3CC[C@@H]4C[C@H](O)CC[C@]4(C)C3C[C@H](O)[C@@]21C. The Bertz CT molecular complexity index is 533. The van der Waals surface area contributed by atoms with E-state index in [1.54, 1.807) is 0 Å². The van der Waals surface area contributed by atoms with E-state index in [0.717, 1.165) is 38.4 Å². The van der Waals surface area contributed by atoms with Gasteiger partial charge < -0.3 is 15.0 Å². The van der Waals surface area contributed by atoms with Crippen LogP contribution in [0.4, 0.5) is 0 Å². The van der Waals surface area contributed by atoms with E-state index in [4.69, 9.17) is 0 Å². The second-order valence-corrected chi connectivity index (χ2v) is 10.4. The molecule has 3 unspecified atom stereocenters. The maximum Gasteiger partial charge on any atom is 0.123 e. The number of aldehydes is 1. The van der Waals surface area contributed by atoms with Crippen molar-refractivity contribution in [3.05, 3.63) is 0 Å². The van der Waals surface area contributed by atoms with Gasteiger partial charge in [-0.1, -0.05) is 20.8 Å². The average Bonchev–Trinajstić information content (AvgIpc) is 2.95. The summed E-state index contributed by atoms with van der Waals surface area (Å²) in [5.41, 5.74) is 0.206. The van der Waals surface area contributed by atoms with E-state index in [1.165, 1.54) is 19.3 Å². The maximum atomic E-state index is 11.5. The molecular formula is C22H36O3. The van der Waals surface area contributed by atoms with Crippen molar-refractivity contribution >= 4 is 6.29 Å². The monoisotopic (exact) mass is 348 g/mol. The fourth-order valence-electron chi connectivity index (χ4n) is 8.19. The summed E-state index contributed by atoms with van der Waals surface area (Å²) in [4.78, 5) is 11.5. The summed E-state index contributed by atoms with van der Waals surface area (Å²) in [7, 11) is 0. The zero-order chi connectivity index (χ0) is 18.0. The van der Waals surface area contributed by atoms with Gasteiger partial charge in [-0.05, 0) is 86.4 Å². The van der Waals surface area contributed by atoms with Gasteiger partial charge in [-0.2, -0.15) is 0 Å². The zero-order valence-corrected chi connectivity index (χ0v) is 16.2. The number of aliphatic hydroxyl groups excluding tert-OH is 2. The van der Waals surface area contributed by atoms with Crippen LogP contribution in [0, 0.1) is 46.3 Å². The van der Waals surface area contributed by atoms with Crippen molar-refractivity contribution in [1.29, 1.82) is 0 Å². The summed E-state index contributed by atoms with van der Waals surface area (Å²) in [6, 6.07) is 0. The van der Waals surface area contributed by atoms with Gasteiger partial charge in [0, 0.05) is 11.3 Å². The van der Waals surface area contributed by atoms with Crippen molar-refractivity contribution in [3.63, 3.8) is 0 Å². The van der Waals surface area contributed by atoms with Gasteiger partial charge in [0.15, 0.2) is 0 Å². The van der Waals surface area contributed by atoms with E-state index < -0.39 is 0 Å². The van der Waals surface area contributed by atoms with Crippen LogP contribution in [0.25, 0.3) is 0 Å². The van der Waals surface area contributed by atoms with Gasteiger partial charge in [0.25, 0.3) is 0 Å². The van der Waals surface area contributed by atoms with Crippen LogP contribution in [0.1, 0.15) is 72.1 Å². The van der Waals surface area contributed by atoms with Crippen LogP contribution in [0.3, 0.4) is 0 Å². The molecule has 0 saturated heterocycles. The van der Waals surface area contributed by atoms with Crippen molar-refractivity contribution in [3.8, 4) is 0 Å². The molecule has 0 aromatic heterocycles. The Hall–Kier alpha value is -0.410. The molecule has 4 aliphatic carbocycles. The quantitative estimate of drug-likeness (QED) is 0.746. The van der Waals surface area contributed by atoms with Crippen molar-refractivity contribution < 1.29 is 15.0 Å². The molecule has 4 saturated carbocycles. The highest BCUT2D eigenvalue weighted by Crippen LogP contribution is 2.68. The van der Waals surface area contributed by atoms with Crippen molar-refractivity contribution in [2.24, 2.45) is 46.3 Å². The topological polar surface area (TPSA) is 57.5 Å². The minimum absolute atomic E-state index is 0.0537. The summed E-state index contributed by atoms with van der Waals surface area (Å²) in [6.45, 7) is 6.79. The van der Waals surface area contributed by atoms with Gasteiger partial charge in [0.2, 0.25) is 0 Å². The Labute approximate surface area is 152 Å². The normalized spacial score (nSPS) is 56.4. The summed E-state index contributed by atoms with van der Waals surface area (Å²) in [6.07, 6.45) is 9.40. The lowest BCUT2D eigenvalue weighted by Gasteiger charge is -2.62. The number of carbonyl (C=O) groups is 1. The molecule has 2 N–H and O–H groups in total. The number of rotatable bonds is 2. The van der Waals surface area contributed by atoms with Gasteiger partial charge in [-0.15, -0.1) is 0 Å². The highest BCUT2D eigenvalue weighted by atomic mass is 16.3. The highest BCUT2D eigenvalue weighted by Gasteiger charge is 2.63. The molecule has 4 aliphatic rings. The van der Waals surface area contributed by atoms with Crippen LogP contribution in [0.15, 0.2) is 0 Å². The molecule has 0 bridgehead atoms. The first-order valence-electron chi connectivity index (χ1n) is 10.6. The number of hydrogen-bond donors (Lipinski definition) is 2. The van der Waals surface area contributed by atoms with E-state index >= 15 is 0 Å². The predicted molar refractivity (Wildman–Crippen MR) is 97.8 cm³/mol. The van der Waals surface area contributed by atoms with E-state index in [1.807, 2.05) is 6.92 Å². The van der Waals surface area contributed by atoms with Crippen molar-refractivity contribution in [2.45, 2.75) is 84.3 Å². The molecular weight excluding hydrogens is 312 g/mol. The first-order chi connectivity index (χ1) is 11.8. The number of carbonyl (C=O) groups excluding carboxylic acids is 1. The fourth-order valence-corrected chi connectivity index (χ4v) is 8.19. The first-order valence-corrected chi connectivity index (χ1v) is 10.6. The van der Waals surface area contributed by atoms with Gasteiger partial charge in [0.05, 0.1) is 12.2 Å². The molecule has 4 fully saturated rings. The number of fused-ring (bicyclic) bond motifs is 5. The minimum atomic E-state index is -0.281. The van der Waals surface area contributed by atoms with Crippen LogP contribution >= 0.6 is 0 Å². The average molecular weight is 349 g/mol. The van der Waals surface area contributed by atoms with Gasteiger partial charge >= 0.3 is 0 Å². The summed E-state index contributed by atoms with van der Waals surface area (Å²) in [5, 5.41) is 21.4. The third-order valence-corrected chi connectivity index (χ3v) is 9.67. The largest absolute Gasteiger partial charge is 0.393 e. The Morgan fingerprint density at radius 1 is 1.00 bits per heavy atom. The first kappa shape index (κ1) is 18.0. The Morgan fingerprint density at radius 3 is 2.48 bits per heavy atom. The third-order valence-electron chi connectivity index (χ3n) is 9.67. The van der Waals surface area contributed by atoms with E-state index in [-0.39, 0.29) is 23.5 Å². The van der Waals surface area contributed by atoms with Crippen LogP contribution in [0.5, 0.6) is 0 Å². The lowest BCUT2D eigenvalue weighted by atomic mass is 9.43. The molecule has 3 heteroatoms. The molecule has 0 aliphatic heterocycles. The smallest absolute Gasteiger partial charge is 0.123 e. The van der Waals surface area contributed by atoms with E-state index in [0.29, 0.717) is 35.0 Å². The number of hydrogen-bond acceptors (Lipinski definition) is 3. The minimum Gasteiger partial charge on any atom is -0.393 e. The lowest BCUT2D eigenvalue weighted by Crippen LogP contribution is -2.58. The van der Waals surface area contributed by atoms with Gasteiger partial charge in [0.1, 0.15) is 6.29 Å². The summed E-state index contributed by atoms with van der Waals surface area (Å²) < 4.78 is 0. The third kappa shape index (κ3) is 2.41. The molecule has 0 aromatic rings. The lowest BCUT2D eigenvalue weighted by molar-refractivity contribution is -0.174. The van der Waals surface area contributed by atoms with Crippen molar-refractivity contribution in [2.75, 3.05) is 0 Å². The predicted octanol–water partition coefficient (Wildman–Crippen LogP) is 3.81. The zero-order valence-electron chi connectivity index (χ0n) is 16.2. The fraction of sp³-hybridized carbons (Fsp3) is 0.955. The maximum absolute atomic E-state index is 11.5. The van der Waals surface area contributed by atoms with E-state index in [2.05, 4.69) is 13.8 Å². The molecule has 142 valence electrons. The van der Waals surface area contributed by atoms with Gasteiger partial charge in [-0.25, -0.2) is 0 Å². The van der Waals surface area contributed by atoms with Crippen LogP contribution in [-0.2, 0) is 4.79 Å². The highest BCUT2D eigenvalue weighted by molar-refractivity contribution is 5.54. The van der Waals surface area contributed by atoms with Crippen LogP contribution in [-0.4, -0.2) is 28.7 Å². The molecule has 0 spiro atoms.